The van der Waals surface area contributed by atoms with E-state index in [1.807, 2.05) is 37.3 Å². The summed E-state index contributed by atoms with van der Waals surface area (Å²) >= 11 is 0. The molecule has 2 aromatic carbocycles. The molecule has 122 valence electrons. The molecule has 3 aromatic rings. The minimum absolute atomic E-state index is 0.140. The molecule has 0 fully saturated rings. The van der Waals surface area contributed by atoms with Gasteiger partial charge in [0.2, 0.25) is 5.82 Å². The van der Waals surface area contributed by atoms with Crippen LogP contribution in [0.2, 0.25) is 0 Å². The number of carbonyl (C=O) groups is 1. The number of nitrogens with one attached hydrogen (secondary N) is 1. The second-order valence-electron chi connectivity index (χ2n) is 5.19. The van der Waals surface area contributed by atoms with Crippen LogP contribution in [-0.2, 0) is 0 Å². The first-order chi connectivity index (χ1) is 11.7. The number of nitrogens with zero attached hydrogens (tertiary/aromatic N) is 2. The van der Waals surface area contributed by atoms with Crippen molar-refractivity contribution in [1.29, 1.82) is 0 Å². The average molecular weight is 323 g/mol. The second kappa shape index (κ2) is 6.95. The molecule has 0 saturated heterocycles. The summed E-state index contributed by atoms with van der Waals surface area (Å²) in [5.74, 6) is 1.40. The summed E-state index contributed by atoms with van der Waals surface area (Å²) in [7, 11) is 1.59. The molecule has 0 bridgehead atoms. The average Bonchev–Trinajstić information content (AvgIpc) is 3.13. The number of benzene rings is 2. The highest BCUT2D eigenvalue weighted by atomic mass is 16.5. The monoisotopic (exact) mass is 323 g/mol. The summed E-state index contributed by atoms with van der Waals surface area (Å²) in [5, 5.41) is 6.55. The van der Waals surface area contributed by atoms with Gasteiger partial charge in [0.15, 0.2) is 6.10 Å². The SMILES string of the molecule is CNC(=O)c1ccc(O[C@H](C)c2nc(-c3ccccc3)no2)cc1. The molecule has 0 aliphatic rings. The van der Waals surface area contributed by atoms with Crippen LogP contribution < -0.4 is 10.1 Å². The van der Waals surface area contributed by atoms with Crippen LogP contribution in [0.3, 0.4) is 0 Å². The van der Waals surface area contributed by atoms with Crippen molar-refractivity contribution in [3.63, 3.8) is 0 Å². The zero-order valence-corrected chi connectivity index (χ0v) is 13.4. The Bertz CT molecular complexity index is 813. The maximum Gasteiger partial charge on any atom is 0.267 e. The van der Waals surface area contributed by atoms with Crippen molar-refractivity contribution < 1.29 is 14.1 Å². The van der Waals surface area contributed by atoms with Crippen molar-refractivity contribution >= 4 is 5.91 Å². The second-order valence-corrected chi connectivity index (χ2v) is 5.19. The molecule has 0 spiro atoms. The summed E-state index contributed by atoms with van der Waals surface area (Å²) < 4.78 is 11.1. The Hall–Kier alpha value is -3.15. The number of amides is 1. The third-order valence-corrected chi connectivity index (χ3v) is 3.48. The van der Waals surface area contributed by atoms with Crippen molar-refractivity contribution in [2.75, 3.05) is 7.05 Å². The zero-order valence-electron chi connectivity index (χ0n) is 13.4. The molecule has 0 aliphatic carbocycles. The topological polar surface area (TPSA) is 77.2 Å². The maximum atomic E-state index is 11.5. The smallest absolute Gasteiger partial charge is 0.267 e. The highest BCUT2D eigenvalue weighted by Crippen LogP contribution is 2.23. The first kappa shape index (κ1) is 15.7. The molecule has 1 aromatic heterocycles. The number of aromatic nitrogens is 2. The van der Waals surface area contributed by atoms with Crippen LogP contribution in [0.4, 0.5) is 0 Å². The predicted octanol–water partition coefficient (Wildman–Crippen LogP) is 3.24. The van der Waals surface area contributed by atoms with Gasteiger partial charge in [-0.15, -0.1) is 0 Å². The molecule has 0 saturated carbocycles. The van der Waals surface area contributed by atoms with E-state index in [1.165, 1.54) is 0 Å². The highest BCUT2D eigenvalue weighted by molar-refractivity contribution is 5.94. The van der Waals surface area contributed by atoms with Crippen molar-refractivity contribution in [2.45, 2.75) is 13.0 Å². The van der Waals surface area contributed by atoms with E-state index in [0.29, 0.717) is 23.0 Å². The van der Waals surface area contributed by atoms with E-state index in [1.54, 1.807) is 31.3 Å². The standard InChI is InChI=1S/C18H17N3O3/c1-12(23-15-10-8-14(9-11-15)17(22)19-2)18-20-16(21-24-18)13-6-4-3-5-7-13/h3-12H,1-2H3,(H,19,22)/t12-/m1/s1. The largest absolute Gasteiger partial charge is 0.481 e. The molecule has 1 atom stereocenters. The molecule has 1 heterocycles. The van der Waals surface area contributed by atoms with Crippen LogP contribution in [0.5, 0.6) is 5.75 Å². The van der Waals surface area contributed by atoms with Gasteiger partial charge < -0.3 is 14.6 Å². The van der Waals surface area contributed by atoms with Gasteiger partial charge >= 0.3 is 0 Å². The van der Waals surface area contributed by atoms with E-state index in [-0.39, 0.29) is 5.91 Å². The van der Waals surface area contributed by atoms with Gasteiger partial charge in [0.05, 0.1) is 0 Å². The molecule has 6 heteroatoms. The van der Waals surface area contributed by atoms with Crippen molar-refractivity contribution in [3.05, 3.63) is 66.1 Å². The van der Waals surface area contributed by atoms with E-state index in [0.717, 1.165) is 5.56 Å². The van der Waals surface area contributed by atoms with Crippen LogP contribution in [0.25, 0.3) is 11.4 Å². The van der Waals surface area contributed by atoms with E-state index in [2.05, 4.69) is 15.5 Å². The lowest BCUT2D eigenvalue weighted by molar-refractivity contribution is 0.0963. The van der Waals surface area contributed by atoms with Crippen LogP contribution in [0, 0.1) is 0 Å². The van der Waals surface area contributed by atoms with Crippen molar-refractivity contribution in [3.8, 4) is 17.1 Å². The van der Waals surface area contributed by atoms with Gasteiger partial charge in [0.25, 0.3) is 11.8 Å². The molecule has 3 rings (SSSR count). The lowest BCUT2D eigenvalue weighted by Crippen LogP contribution is -2.17. The first-order valence-electron chi connectivity index (χ1n) is 7.55. The summed E-state index contributed by atoms with van der Waals surface area (Å²) in [6.45, 7) is 1.83. The zero-order chi connectivity index (χ0) is 16.9. The fraction of sp³-hybridized carbons (Fsp3) is 0.167. The molecule has 0 unspecified atom stereocenters. The summed E-state index contributed by atoms with van der Waals surface area (Å²) in [5.41, 5.74) is 1.45. The Labute approximate surface area is 139 Å². The fourth-order valence-corrected chi connectivity index (χ4v) is 2.19. The fourth-order valence-electron chi connectivity index (χ4n) is 2.19. The molecule has 1 amide bonds. The van der Waals surface area contributed by atoms with Gasteiger partial charge in [-0.1, -0.05) is 35.5 Å². The highest BCUT2D eigenvalue weighted by Gasteiger charge is 2.17. The van der Waals surface area contributed by atoms with Crippen LogP contribution in [0.1, 0.15) is 29.3 Å². The number of ether oxygens (including phenoxy) is 1. The van der Waals surface area contributed by atoms with E-state index in [4.69, 9.17) is 9.26 Å². The van der Waals surface area contributed by atoms with Gasteiger partial charge in [0.1, 0.15) is 5.75 Å². The molecule has 24 heavy (non-hydrogen) atoms. The van der Waals surface area contributed by atoms with Gasteiger partial charge in [-0.25, -0.2) is 0 Å². The number of rotatable bonds is 5. The molecular weight excluding hydrogens is 306 g/mol. The molecular formula is C18H17N3O3. The molecule has 1 N–H and O–H groups in total. The van der Waals surface area contributed by atoms with Crippen LogP contribution in [0.15, 0.2) is 59.1 Å². The summed E-state index contributed by atoms with van der Waals surface area (Å²) in [6.07, 6.45) is -0.402. The van der Waals surface area contributed by atoms with E-state index >= 15 is 0 Å². The van der Waals surface area contributed by atoms with Crippen LogP contribution >= 0.6 is 0 Å². The van der Waals surface area contributed by atoms with Gasteiger partial charge in [0, 0.05) is 18.2 Å². The van der Waals surface area contributed by atoms with Crippen molar-refractivity contribution in [2.24, 2.45) is 0 Å². The Kier molecular flexibility index (Phi) is 4.56. The summed E-state index contributed by atoms with van der Waals surface area (Å²) in [4.78, 5) is 15.9. The lowest BCUT2D eigenvalue weighted by Gasteiger charge is -2.11. The number of carbonyl (C=O) groups excluding carboxylic acids is 1. The third-order valence-electron chi connectivity index (χ3n) is 3.48. The normalized spacial score (nSPS) is 11.8. The quantitative estimate of drug-likeness (QED) is 0.780. The Morgan fingerprint density at radius 2 is 1.83 bits per heavy atom. The van der Waals surface area contributed by atoms with Crippen LogP contribution in [-0.4, -0.2) is 23.1 Å². The maximum absolute atomic E-state index is 11.5. The third kappa shape index (κ3) is 3.43. The molecule has 6 nitrogen and oxygen atoms in total. The van der Waals surface area contributed by atoms with Gasteiger partial charge in [-0.3, -0.25) is 4.79 Å². The minimum Gasteiger partial charge on any atom is -0.481 e. The van der Waals surface area contributed by atoms with Gasteiger partial charge in [-0.2, -0.15) is 4.98 Å². The first-order valence-corrected chi connectivity index (χ1v) is 7.55. The Morgan fingerprint density at radius 3 is 2.50 bits per heavy atom. The van der Waals surface area contributed by atoms with E-state index in [9.17, 15) is 4.79 Å². The minimum atomic E-state index is -0.402. The number of hydrogen-bond donors (Lipinski definition) is 1. The molecule has 0 aliphatic heterocycles. The van der Waals surface area contributed by atoms with Gasteiger partial charge in [-0.05, 0) is 31.2 Å². The number of hydrogen-bond acceptors (Lipinski definition) is 5. The Balaban J connectivity index is 1.70. The Morgan fingerprint density at radius 1 is 1.12 bits per heavy atom. The van der Waals surface area contributed by atoms with E-state index < -0.39 is 6.10 Å². The van der Waals surface area contributed by atoms with Crippen molar-refractivity contribution in [1.82, 2.24) is 15.5 Å². The lowest BCUT2D eigenvalue weighted by atomic mass is 10.2. The summed E-state index contributed by atoms with van der Waals surface area (Å²) in [6, 6.07) is 16.5. The predicted molar refractivity (Wildman–Crippen MR) is 88.6 cm³/mol. The molecule has 0 radical (unpaired) electrons.